The van der Waals surface area contributed by atoms with Crippen molar-refractivity contribution in [1.82, 2.24) is 10.2 Å². The zero-order valence-electron chi connectivity index (χ0n) is 13.5. The van der Waals surface area contributed by atoms with Crippen LogP contribution in [0, 0.1) is 0 Å². The van der Waals surface area contributed by atoms with Crippen LogP contribution in [0.5, 0.6) is 0 Å². The van der Waals surface area contributed by atoms with Crippen molar-refractivity contribution in [2.75, 3.05) is 19.7 Å². The van der Waals surface area contributed by atoms with Gasteiger partial charge < -0.3 is 19.7 Å². The normalized spacial score (nSPS) is 12.5. The Morgan fingerprint density at radius 1 is 1.25 bits per heavy atom. The van der Waals surface area contributed by atoms with Crippen molar-refractivity contribution in [3.8, 4) is 0 Å². The van der Waals surface area contributed by atoms with Crippen molar-refractivity contribution < 1.29 is 19.1 Å². The van der Waals surface area contributed by atoms with E-state index in [0.717, 1.165) is 6.42 Å². The monoisotopic (exact) mass is 288 g/mol. The lowest BCUT2D eigenvalue weighted by atomic mass is 10.2. The molecule has 0 aromatic rings. The number of carbonyl (C=O) groups excluding carboxylic acids is 2. The maximum Gasteiger partial charge on any atom is 0.410 e. The Bertz CT molecular complexity index is 313. The van der Waals surface area contributed by atoms with E-state index in [4.69, 9.17) is 9.47 Å². The van der Waals surface area contributed by atoms with Crippen LogP contribution in [-0.4, -0.2) is 48.4 Å². The molecular weight excluding hydrogens is 260 g/mol. The Morgan fingerprint density at radius 2 is 1.85 bits per heavy atom. The van der Waals surface area contributed by atoms with Gasteiger partial charge in [-0.2, -0.15) is 0 Å². The number of nitrogens with zero attached hydrogens (tertiary/aromatic N) is 1. The van der Waals surface area contributed by atoms with Crippen LogP contribution in [0.4, 0.5) is 9.59 Å². The molecule has 0 saturated heterocycles. The van der Waals surface area contributed by atoms with Gasteiger partial charge in [-0.1, -0.05) is 6.92 Å². The molecule has 0 radical (unpaired) electrons. The van der Waals surface area contributed by atoms with Crippen LogP contribution in [0.25, 0.3) is 0 Å². The molecule has 0 aliphatic rings. The topological polar surface area (TPSA) is 67.9 Å². The first-order valence-corrected chi connectivity index (χ1v) is 7.11. The van der Waals surface area contributed by atoms with E-state index in [2.05, 4.69) is 5.32 Å². The molecule has 0 aliphatic carbocycles. The Morgan fingerprint density at radius 3 is 2.30 bits per heavy atom. The molecule has 6 heteroatoms. The first-order valence-electron chi connectivity index (χ1n) is 7.11. The fraction of sp³-hybridized carbons (Fsp3) is 0.857. The van der Waals surface area contributed by atoms with Gasteiger partial charge >= 0.3 is 12.2 Å². The van der Waals surface area contributed by atoms with Crippen LogP contribution in [0.15, 0.2) is 0 Å². The molecule has 1 N–H and O–H groups in total. The number of carbonyl (C=O) groups is 2. The average Bonchev–Trinajstić information content (AvgIpc) is 2.31. The van der Waals surface area contributed by atoms with Gasteiger partial charge in [0, 0.05) is 19.1 Å². The highest BCUT2D eigenvalue weighted by atomic mass is 16.6. The van der Waals surface area contributed by atoms with Crippen molar-refractivity contribution in [3.05, 3.63) is 0 Å². The summed E-state index contributed by atoms with van der Waals surface area (Å²) in [5.74, 6) is 0. The number of nitrogens with one attached hydrogen (secondary N) is 1. The third-order valence-electron chi connectivity index (χ3n) is 2.65. The summed E-state index contributed by atoms with van der Waals surface area (Å²) in [6.07, 6.45) is -0.0103. The summed E-state index contributed by atoms with van der Waals surface area (Å²) in [4.78, 5) is 24.9. The van der Waals surface area contributed by atoms with Crippen molar-refractivity contribution in [2.24, 2.45) is 0 Å². The quantitative estimate of drug-likeness (QED) is 0.816. The van der Waals surface area contributed by atoms with Crippen molar-refractivity contribution in [1.29, 1.82) is 0 Å². The van der Waals surface area contributed by atoms with E-state index in [0.29, 0.717) is 19.7 Å². The summed E-state index contributed by atoms with van der Waals surface area (Å²) in [6, 6.07) is 0.0643. The molecule has 20 heavy (non-hydrogen) atoms. The summed E-state index contributed by atoms with van der Waals surface area (Å²) in [7, 11) is 0. The largest absolute Gasteiger partial charge is 0.450 e. The van der Waals surface area contributed by atoms with Gasteiger partial charge in [0.25, 0.3) is 0 Å². The second-order valence-corrected chi connectivity index (χ2v) is 5.58. The van der Waals surface area contributed by atoms with E-state index in [1.54, 1.807) is 32.6 Å². The van der Waals surface area contributed by atoms with Gasteiger partial charge in [0.15, 0.2) is 0 Å². The minimum absolute atomic E-state index is 0.0643. The molecule has 0 heterocycles. The molecule has 0 rings (SSSR count). The smallest absolute Gasteiger partial charge is 0.410 e. The maximum absolute atomic E-state index is 11.8. The van der Waals surface area contributed by atoms with Gasteiger partial charge in [-0.15, -0.1) is 0 Å². The molecule has 0 bridgehead atoms. The van der Waals surface area contributed by atoms with Crippen LogP contribution >= 0.6 is 0 Å². The fourth-order valence-corrected chi connectivity index (χ4v) is 1.51. The molecule has 0 aromatic carbocycles. The van der Waals surface area contributed by atoms with Gasteiger partial charge in [-0.05, 0) is 41.0 Å². The number of hydrogen-bond donors (Lipinski definition) is 1. The standard InChI is InChI=1S/C14H28N2O4/c1-7-11(3)16(13(18)19-8-2)10-9-15-12(17)20-14(4,5)6/h11H,7-10H2,1-6H3,(H,15,17)/t11-/m0/s1. The average molecular weight is 288 g/mol. The first kappa shape index (κ1) is 18.5. The number of ether oxygens (including phenoxy) is 2. The summed E-state index contributed by atoms with van der Waals surface area (Å²) in [5, 5.41) is 2.64. The molecule has 0 aliphatic heterocycles. The number of rotatable bonds is 6. The van der Waals surface area contributed by atoms with Gasteiger partial charge in [0.2, 0.25) is 0 Å². The minimum atomic E-state index is -0.526. The number of hydrogen-bond acceptors (Lipinski definition) is 4. The predicted octanol–water partition coefficient (Wildman–Crippen LogP) is 2.77. The van der Waals surface area contributed by atoms with Gasteiger partial charge in [-0.25, -0.2) is 9.59 Å². The molecule has 0 aromatic heterocycles. The molecular formula is C14H28N2O4. The van der Waals surface area contributed by atoms with Crippen molar-refractivity contribution in [3.63, 3.8) is 0 Å². The molecule has 118 valence electrons. The van der Waals surface area contributed by atoms with Crippen LogP contribution in [0.1, 0.15) is 48.0 Å². The van der Waals surface area contributed by atoms with E-state index in [9.17, 15) is 9.59 Å². The Hall–Kier alpha value is -1.46. The van der Waals surface area contributed by atoms with E-state index in [-0.39, 0.29) is 12.1 Å². The second kappa shape index (κ2) is 8.66. The minimum Gasteiger partial charge on any atom is -0.450 e. The highest BCUT2D eigenvalue weighted by Crippen LogP contribution is 2.07. The molecule has 6 nitrogen and oxygen atoms in total. The molecule has 0 unspecified atom stereocenters. The highest BCUT2D eigenvalue weighted by molar-refractivity contribution is 5.69. The zero-order chi connectivity index (χ0) is 15.8. The molecule has 0 saturated carbocycles. The first-order chi connectivity index (χ1) is 9.21. The number of amides is 2. The Balaban J connectivity index is 4.27. The van der Waals surface area contributed by atoms with E-state index in [1.165, 1.54) is 0 Å². The lowest BCUT2D eigenvalue weighted by Crippen LogP contribution is -2.44. The van der Waals surface area contributed by atoms with Gasteiger partial charge in [0.05, 0.1) is 6.61 Å². The van der Waals surface area contributed by atoms with Crippen molar-refractivity contribution >= 4 is 12.2 Å². The summed E-state index contributed by atoms with van der Waals surface area (Å²) in [5.41, 5.74) is -0.526. The molecule has 0 fully saturated rings. The Kier molecular flexibility index (Phi) is 8.03. The number of alkyl carbamates (subject to hydrolysis) is 1. The third kappa shape index (κ3) is 7.86. The SMILES string of the molecule is CCOC(=O)N(CCNC(=O)OC(C)(C)C)[C@@H](C)CC. The van der Waals surface area contributed by atoms with Crippen molar-refractivity contribution in [2.45, 2.75) is 59.6 Å². The molecule has 0 spiro atoms. The molecule has 1 atom stereocenters. The summed E-state index contributed by atoms with van der Waals surface area (Å²) >= 11 is 0. The molecule has 2 amide bonds. The summed E-state index contributed by atoms with van der Waals surface area (Å²) < 4.78 is 10.1. The Labute approximate surface area is 121 Å². The predicted molar refractivity (Wildman–Crippen MR) is 77.7 cm³/mol. The lowest BCUT2D eigenvalue weighted by Gasteiger charge is -2.28. The lowest BCUT2D eigenvalue weighted by molar-refractivity contribution is 0.0510. The van der Waals surface area contributed by atoms with E-state index >= 15 is 0 Å². The van der Waals surface area contributed by atoms with E-state index in [1.807, 2.05) is 13.8 Å². The van der Waals surface area contributed by atoms with Crippen LogP contribution < -0.4 is 5.32 Å². The van der Waals surface area contributed by atoms with Crippen LogP contribution in [0.3, 0.4) is 0 Å². The zero-order valence-corrected chi connectivity index (χ0v) is 13.5. The van der Waals surface area contributed by atoms with Gasteiger partial charge in [0.1, 0.15) is 5.60 Å². The van der Waals surface area contributed by atoms with Crippen LogP contribution in [0.2, 0.25) is 0 Å². The van der Waals surface area contributed by atoms with Crippen LogP contribution in [-0.2, 0) is 9.47 Å². The highest BCUT2D eigenvalue weighted by Gasteiger charge is 2.20. The summed E-state index contributed by atoms with van der Waals surface area (Å²) in [6.45, 7) is 12.2. The fourth-order valence-electron chi connectivity index (χ4n) is 1.51. The maximum atomic E-state index is 11.8. The third-order valence-corrected chi connectivity index (χ3v) is 2.65. The van der Waals surface area contributed by atoms with Gasteiger partial charge in [-0.3, -0.25) is 0 Å². The van der Waals surface area contributed by atoms with E-state index < -0.39 is 11.7 Å². The second-order valence-electron chi connectivity index (χ2n) is 5.58.